The number of nitrogens with zero attached hydrogens (tertiary/aromatic N) is 2. The Morgan fingerprint density at radius 1 is 1.15 bits per heavy atom. The molecular weight excluding hydrogens is 378 g/mol. The van der Waals surface area contributed by atoms with Gasteiger partial charge in [-0.2, -0.15) is 26.3 Å². The van der Waals surface area contributed by atoms with Crippen molar-refractivity contribution in [1.29, 1.82) is 0 Å². The number of pyridine rings is 1. The fourth-order valence-corrected chi connectivity index (χ4v) is 4.22. The molecule has 3 heterocycles. The van der Waals surface area contributed by atoms with E-state index in [1.165, 1.54) is 0 Å². The maximum Gasteiger partial charge on any atom is 0.418 e. The number of hydrogen-bond acceptors (Lipinski definition) is 4. The molecule has 0 radical (unpaired) electrons. The summed E-state index contributed by atoms with van der Waals surface area (Å²) in [6.07, 6.45) is -6.46. The predicted octanol–water partition coefficient (Wildman–Crippen LogP) is 4.14. The average Bonchev–Trinajstić information content (AvgIpc) is 3.10. The first-order valence-electron chi connectivity index (χ1n) is 8.60. The van der Waals surface area contributed by atoms with Crippen LogP contribution in [-0.2, 0) is 17.1 Å². The first kappa shape index (κ1) is 20.2. The van der Waals surface area contributed by atoms with E-state index in [0.29, 0.717) is 12.7 Å². The number of hydrogen-bond donors (Lipinski definition) is 0. The molecule has 0 N–H and O–H groups in total. The van der Waals surface area contributed by atoms with Crippen LogP contribution in [0.3, 0.4) is 0 Å². The molecule has 4 nitrogen and oxygen atoms in total. The summed E-state index contributed by atoms with van der Waals surface area (Å²) >= 11 is 0. The van der Waals surface area contributed by atoms with E-state index in [1.807, 2.05) is 0 Å². The summed E-state index contributed by atoms with van der Waals surface area (Å²) in [4.78, 5) is 5.68. The molecule has 27 heavy (non-hydrogen) atoms. The van der Waals surface area contributed by atoms with Gasteiger partial charge in [0, 0.05) is 31.0 Å². The first-order valence-corrected chi connectivity index (χ1v) is 8.60. The highest BCUT2D eigenvalue weighted by Gasteiger charge is 2.49. The van der Waals surface area contributed by atoms with Gasteiger partial charge in [0.2, 0.25) is 5.88 Å². The van der Waals surface area contributed by atoms with Crippen molar-refractivity contribution in [2.24, 2.45) is 0 Å². The highest BCUT2D eigenvalue weighted by molar-refractivity contribution is 5.34. The largest absolute Gasteiger partial charge is 0.476 e. The Morgan fingerprint density at radius 2 is 1.85 bits per heavy atom. The lowest BCUT2D eigenvalue weighted by Gasteiger charge is -2.34. The molecule has 152 valence electrons. The highest BCUT2D eigenvalue weighted by Crippen LogP contribution is 2.43. The molecule has 2 saturated heterocycles. The SMILES string of the molecule is COC[C@@]12CCCN1[C@H](COc1cc(C(F)(F)F)c(C(F)(F)F)cn1)CC2. The van der Waals surface area contributed by atoms with Crippen LogP contribution < -0.4 is 4.74 Å². The molecule has 0 aromatic carbocycles. The maximum absolute atomic E-state index is 13.0. The van der Waals surface area contributed by atoms with Crippen LogP contribution in [0.1, 0.15) is 36.8 Å². The average molecular weight is 398 g/mol. The van der Waals surface area contributed by atoms with Crippen molar-refractivity contribution in [3.8, 4) is 5.88 Å². The second-order valence-corrected chi connectivity index (χ2v) is 7.02. The molecule has 2 aliphatic rings. The molecule has 0 bridgehead atoms. The van der Waals surface area contributed by atoms with E-state index in [4.69, 9.17) is 9.47 Å². The molecule has 3 rings (SSSR count). The Hall–Kier alpha value is -1.55. The predicted molar refractivity (Wildman–Crippen MR) is 83.3 cm³/mol. The zero-order valence-corrected chi connectivity index (χ0v) is 14.7. The zero-order chi connectivity index (χ0) is 19.9. The van der Waals surface area contributed by atoms with Crippen molar-refractivity contribution < 1.29 is 35.8 Å². The zero-order valence-electron chi connectivity index (χ0n) is 14.7. The van der Waals surface area contributed by atoms with Gasteiger partial charge in [0.25, 0.3) is 0 Å². The van der Waals surface area contributed by atoms with E-state index in [2.05, 4.69) is 9.88 Å². The van der Waals surface area contributed by atoms with E-state index in [9.17, 15) is 26.3 Å². The topological polar surface area (TPSA) is 34.6 Å². The van der Waals surface area contributed by atoms with Gasteiger partial charge in [0.1, 0.15) is 6.61 Å². The van der Waals surface area contributed by atoms with Crippen LogP contribution in [0.15, 0.2) is 12.3 Å². The van der Waals surface area contributed by atoms with Crippen molar-refractivity contribution in [3.63, 3.8) is 0 Å². The lowest BCUT2D eigenvalue weighted by Crippen LogP contribution is -2.47. The lowest BCUT2D eigenvalue weighted by atomic mass is 9.95. The number of methoxy groups -OCH3 is 1. The van der Waals surface area contributed by atoms with Crippen molar-refractivity contribution in [2.75, 3.05) is 26.9 Å². The number of halogens is 6. The first-order chi connectivity index (χ1) is 12.6. The molecule has 0 spiro atoms. The van der Waals surface area contributed by atoms with Gasteiger partial charge in [-0.1, -0.05) is 0 Å². The molecule has 0 aliphatic carbocycles. The van der Waals surface area contributed by atoms with Crippen molar-refractivity contribution in [3.05, 3.63) is 23.4 Å². The molecule has 0 unspecified atom stereocenters. The summed E-state index contributed by atoms with van der Waals surface area (Å²) in [5.74, 6) is -0.459. The van der Waals surface area contributed by atoms with Crippen molar-refractivity contribution in [1.82, 2.24) is 9.88 Å². The third-order valence-electron chi connectivity index (χ3n) is 5.36. The minimum atomic E-state index is -5.15. The summed E-state index contributed by atoms with van der Waals surface area (Å²) in [5.41, 5.74) is -3.68. The van der Waals surface area contributed by atoms with Gasteiger partial charge in [-0.25, -0.2) is 4.98 Å². The van der Waals surface area contributed by atoms with E-state index in [1.54, 1.807) is 7.11 Å². The monoisotopic (exact) mass is 398 g/mol. The number of rotatable bonds is 5. The highest BCUT2D eigenvalue weighted by atomic mass is 19.4. The Balaban J connectivity index is 1.74. The normalized spacial score (nSPS) is 26.4. The summed E-state index contributed by atoms with van der Waals surface area (Å²) in [7, 11) is 1.62. The summed E-state index contributed by atoms with van der Waals surface area (Å²) < 4.78 is 88.1. The Morgan fingerprint density at radius 3 is 2.48 bits per heavy atom. The molecule has 1 aromatic heterocycles. The third-order valence-corrected chi connectivity index (χ3v) is 5.36. The fraction of sp³-hybridized carbons (Fsp3) is 0.706. The molecule has 0 saturated carbocycles. The van der Waals surface area contributed by atoms with Crippen LogP contribution in [0.2, 0.25) is 0 Å². The standard InChI is InChI=1S/C17H20F6N2O2/c1-26-10-15-4-2-6-25(15)11(3-5-15)9-27-14-7-12(16(18,19)20)13(8-24-14)17(21,22)23/h7-8,11H,2-6,9-10H2,1H3/t11-,15-/m0/s1. The molecule has 2 atom stereocenters. The molecule has 0 amide bonds. The molecule has 1 aromatic rings. The minimum Gasteiger partial charge on any atom is -0.476 e. The van der Waals surface area contributed by atoms with Gasteiger partial charge in [0.05, 0.1) is 17.7 Å². The van der Waals surface area contributed by atoms with Gasteiger partial charge in [-0.3, -0.25) is 4.90 Å². The molecule has 2 fully saturated rings. The molecular formula is C17H20F6N2O2. The van der Waals surface area contributed by atoms with E-state index >= 15 is 0 Å². The summed E-state index contributed by atoms with van der Waals surface area (Å²) in [6.45, 7) is 1.48. The van der Waals surface area contributed by atoms with Gasteiger partial charge >= 0.3 is 12.4 Å². The van der Waals surface area contributed by atoms with Gasteiger partial charge in [-0.15, -0.1) is 0 Å². The van der Waals surface area contributed by atoms with Crippen molar-refractivity contribution in [2.45, 2.75) is 49.6 Å². The number of ether oxygens (including phenoxy) is 2. The smallest absolute Gasteiger partial charge is 0.418 e. The van der Waals surface area contributed by atoms with Crippen LogP contribution in [-0.4, -0.2) is 48.3 Å². The van der Waals surface area contributed by atoms with Gasteiger partial charge in [0.15, 0.2) is 0 Å². The van der Waals surface area contributed by atoms with Gasteiger partial charge < -0.3 is 9.47 Å². The van der Waals surface area contributed by atoms with Crippen molar-refractivity contribution >= 4 is 0 Å². The Kier molecular flexibility index (Phi) is 5.33. The number of aromatic nitrogens is 1. The van der Waals surface area contributed by atoms with Gasteiger partial charge in [-0.05, 0) is 32.2 Å². The Labute approximate surface area is 152 Å². The van der Waals surface area contributed by atoms with Crippen LogP contribution >= 0.6 is 0 Å². The molecule has 2 aliphatic heterocycles. The van der Waals surface area contributed by atoms with E-state index < -0.39 is 29.4 Å². The molecule has 10 heteroatoms. The van der Waals surface area contributed by atoms with Crippen LogP contribution in [0.4, 0.5) is 26.3 Å². The second-order valence-electron chi connectivity index (χ2n) is 7.02. The lowest BCUT2D eigenvalue weighted by molar-refractivity contribution is -0.162. The van der Waals surface area contributed by atoms with E-state index in [0.717, 1.165) is 32.2 Å². The fourth-order valence-electron chi connectivity index (χ4n) is 4.22. The second kappa shape index (κ2) is 7.12. The Bertz CT molecular complexity index is 678. The van der Waals surface area contributed by atoms with Crippen LogP contribution in [0, 0.1) is 0 Å². The summed E-state index contributed by atoms with van der Waals surface area (Å²) in [5, 5.41) is 0. The summed E-state index contributed by atoms with van der Waals surface area (Å²) in [6, 6.07) is 0.297. The van der Waals surface area contributed by atoms with Crippen LogP contribution in [0.25, 0.3) is 0 Å². The van der Waals surface area contributed by atoms with Crippen LogP contribution in [0.5, 0.6) is 5.88 Å². The minimum absolute atomic E-state index is 0.0268. The number of fused-ring (bicyclic) bond motifs is 1. The maximum atomic E-state index is 13.0. The number of alkyl halides is 6. The van der Waals surface area contributed by atoms with E-state index in [-0.39, 0.29) is 24.4 Å². The quantitative estimate of drug-likeness (QED) is 0.699. The third kappa shape index (κ3) is 4.01.